The quantitative estimate of drug-likeness (QED) is 0.628. The average molecular weight is 395 g/mol. The van der Waals surface area contributed by atoms with Gasteiger partial charge in [-0.3, -0.25) is 4.79 Å². The Hall–Kier alpha value is -2.94. The van der Waals surface area contributed by atoms with Gasteiger partial charge in [0, 0.05) is 31.9 Å². The lowest BCUT2D eigenvalue weighted by atomic mass is 10.2. The van der Waals surface area contributed by atoms with Crippen LogP contribution in [0, 0.1) is 0 Å². The van der Waals surface area contributed by atoms with E-state index in [2.05, 4.69) is 37.3 Å². The lowest BCUT2D eigenvalue weighted by Gasteiger charge is -2.35. The van der Waals surface area contributed by atoms with Gasteiger partial charge in [0.15, 0.2) is 11.6 Å². The first-order chi connectivity index (χ1) is 13.8. The van der Waals surface area contributed by atoms with Crippen molar-refractivity contribution in [3.8, 4) is 5.82 Å². The fraction of sp³-hybridized carbons (Fsp3) is 0.316. The van der Waals surface area contributed by atoms with Crippen LogP contribution in [0.4, 0.5) is 5.82 Å². The van der Waals surface area contributed by atoms with Crippen molar-refractivity contribution in [2.45, 2.75) is 5.75 Å². The molecule has 1 aliphatic rings. The molecular weight excluding hydrogens is 374 g/mol. The van der Waals surface area contributed by atoms with Crippen LogP contribution in [0.25, 0.3) is 5.82 Å². The second kappa shape index (κ2) is 8.83. The fourth-order valence-corrected chi connectivity index (χ4v) is 3.93. The third-order valence-corrected chi connectivity index (χ3v) is 5.57. The van der Waals surface area contributed by atoms with Crippen LogP contribution in [-0.2, 0) is 10.5 Å². The predicted octanol–water partition coefficient (Wildman–Crippen LogP) is 1.64. The van der Waals surface area contributed by atoms with E-state index in [-0.39, 0.29) is 5.91 Å². The summed E-state index contributed by atoms with van der Waals surface area (Å²) in [7, 11) is 0. The topological polar surface area (TPSA) is 80.0 Å². The Balaban J connectivity index is 1.24. The van der Waals surface area contributed by atoms with Gasteiger partial charge in [-0.2, -0.15) is 5.10 Å². The Kier molecular flexibility index (Phi) is 5.81. The van der Waals surface area contributed by atoms with Crippen LogP contribution in [0.2, 0.25) is 0 Å². The summed E-state index contributed by atoms with van der Waals surface area (Å²) in [5.74, 6) is 3.02. The van der Waals surface area contributed by atoms with E-state index in [1.165, 1.54) is 11.9 Å². The predicted molar refractivity (Wildman–Crippen MR) is 108 cm³/mol. The van der Waals surface area contributed by atoms with Gasteiger partial charge in [0.25, 0.3) is 0 Å². The monoisotopic (exact) mass is 395 g/mol. The molecule has 0 saturated carbocycles. The van der Waals surface area contributed by atoms with Crippen LogP contribution in [0.3, 0.4) is 0 Å². The molecule has 0 unspecified atom stereocenters. The smallest absolute Gasteiger partial charge is 0.232 e. The third-order valence-electron chi connectivity index (χ3n) is 4.58. The summed E-state index contributed by atoms with van der Waals surface area (Å²) in [6.07, 6.45) is 3.05. The van der Waals surface area contributed by atoms with Gasteiger partial charge >= 0.3 is 0 Å². The molecule has 0 radical (unpaired) electrons. The van der Waals surface area contributed by atoms with Gasteiger partial charge in [-0.05, 0) is 17.7 Å². The maximum Gasteiger partial charge on any atom is 0.232 e. The van der Waals surface area contributed by atoms with Crippen molar-refractivity contribution in [3.05, 3.63) is 60.7 Å². The molecule has 0 N–H and O–H groups in total. The van der Waals surface area contributed by atoms with Gasteiger partial charge in [0.2, 0.25) is 5.91 Å². The Labute approximate surface area is 167 Å². The SMILES string of the molecule is O=C(CSCc1ccccc1)N1CCN(c2ccc(-n3cncn3)nn2)CC1. The molecular formula is C19H21N7OS. The van der Waals surface area contributed by atoms with Crippen molar-refractivity contribution in [2.75, 3.05) is 36.8 Å². The first kappa shape index (κ1) is 18.4. The number of thioether (sulfide) groups is 1. The number of hydrogen-bond acceptors (Lipinski definition) is 7. The van der Waals surface area contributed by atoms with Gasteiger partial charge in [-0.1, -0.05) is 30.3 Å². The fourth-order valence-electron chi connectivity index (χ4n) is 3.04. The van der Waals surface area contributed by atoms with Crippen LogP contribution < -0.4 is 4.90 Å². The minimum atomic E-state index is 0.202. The summed E-state index contributed by atoms with van der Waals surface area (Å²) in [5, 5.41) is 12.5. The van der Waals surface area contributed by atoms with E-state index in [0.29, 0.717) is 24.7 Å². The Morgan fingerprint density at radius 1 is 0.964 bits per heavy atom. The lowest BCUT2D eigenvalue weighted by molar-refractivity contribution is -0.128. The molecule has 1 saturated heterocycles. The number of carbonyl (C=O) groups is 1. The molecule has 1 amide bonds. The molecule has 0 atom stereocenters. The summed E-state index contributed by atoms with van der Waals surface area (Å²) >= 11 is 1.67. The first-order valence-electron chi connectivity index (χ1n) is 9.13. The minimum absolute atomic E-state index is 0.202. The molecule has 1 aromatic carbocycles. The van der Waals surface area contributed by atoms with Gasteiger partial charge in [0.05, 0.1) is 5.75 Å². The number of nitrogens with zero attached hydrogens (tertiary/aromatic N) is 7. The molecule has 4 rings (SSSR count). The number of carbonyl (C=O) groups excluding carboxylic acids is 1. The Morgan fingerprint density at radius 2 is 1.71 bits per heavy atom. The normalized spacial score (nSPS) is 14.3. The molecule has 144 valence electrons. The molecule has 28 heavy (non-hydrogen) atoms. The van der Waals surface area contributed by atoms with Crippen LogP contribution in [-0.4, -0.2) is 67.7 Å². The van der Waals surface area contributed by atoms with Crippen molar-refractivity contribution in [2.24, 2.45) is 0 Å². The molecule has 9 heteroatoms. The molecule has 0 spiro atoms. The second-order valence-corrected chi connectivity index (χ2v) is 7.42. The number of amides is 1. The van der Waals surface area contributed by atoms with Gasteiger partial charge in [0.1, 0.15) is 12.7 Å². The van der Waals surface area contributed by atoms with E-state index >= 15 is 0 Å². The number of piperazine rings is 1. The highest BCUT2D eigenvalue weighted by atomic mass is 32.2. The van der Waals surface area contributed by atoms with Crippen LogP contribution in [0.15, 0.2) is 55.1 Å². The average Bonchev–Trinajstić information content (AvgIpc) is 3.30. The summed E-state index contributed by atoms with van der Waals surface area (Å²) in [6, 6.07) is 14.0. The van der Waals surface area contributed by atoms with E-state index in [4.69, 9.17) is 0 Å². The zero-order valence-electron chi connectivity index (χ0n) is 15.4. The first-order valence-corrected chi connectivity index (χ1v) is 10.3. The highest BCUT2D eigenvalue weighted by molar-refractivity contribution is 7.99. The summed E-state index contributed by atoms with van der Waals surface area (Å²) in [6.45, 7) is 2.92. The number of hydrogen-bond donors (Lipinski definition) is 0. The minimum Gasteiger partial charge on any atom is -0.352 e. The molecule has 8 nitrogen and oxygen atoms in total. The van der Waals surface area contributed by atoms with Crippen molar-refractivity contribution in [1.29, 1.82) is 0 Å². The van der Waals surface area contributed by atoms with Crippen LogP contribution in [0.5, 0.6) is 0 Å². The highest BCUT2D eigenvalue weighted by Gasteiger charge is 2.22. The van der Waals surface area contributed by atoms with Gasteiger partial charge in [-0.25, -0.2) is 9.67 Å². The van der Waals surface area contributed by atoms with Gasteiger partial charge < -0.3 is 9.80 Å². The van der Waals surface area contributed by atoms with E-state index < -0.39 is 0 Å². The summed E-state index contributed by atoms with van der Waals surface area (Å²) < 4.78 is 1.57. The number of aromatic nitrogens is 5. The molecule has 3 aromatic rings. The van der Waals surface area contributed by atoms with E-state index in [9.17, 15) is 4.79 Å². The maximum absolute atomic E-state index is 12.5. The standard InChI is InChI=1S/C19H21N7OS/c27-19(13-28-12-16-4-2-1-3-5-16)25-10-8-24(9-11-25)17-6-7-18(23-22-17)26-15-20-14-21-26/h1-7,14-15H,8-13H2. The zero-order chi connectivity index (χ0) is 19.2. The summed E-state index contributed by atoms with van der Waals surface area (Å²) in [4.78, 5) is 20.4. The molecule has 3 heterocycles. The molecule has 2 aromatic heterocycles. The maximum atomic E-state index is 12.5. The molecule has 0 aliphatic carbocycles. The molecule has 0 bridgehead atoms. The summed E-state index contributed by atoms with van der Waals surface area (Å²) in [5.41, 5.74) is 1.25. The van der Waals surface area contributed by atoms with E-state index in [1.807, 2.05) is 35.2 Å². The van der Waals surface area contributed by atoms with E-state index in [1.54, 1.807) is 22.8 Å². The Morgan fingerprint density at radius 3 is 2.39 bits per heavy atom. The molecule has 1 fully saturated rings. The third kappa shape index (κ3) is 4.48. The van der Waals surface area contributed by atoms with Crippen molar-refractivity contribution < 1.29 is 4.79 Å². The van der Waals surface area contributed by atoms with Crippen LogP contribution >= 0.6 is 11.8 Å². The molecule has 1 aliphatic heterocycles. The second-order valence-electron chi connectivity index (χ2n) is 6.44. The van der Waals surface area contributed by atoms with Crippen molar-refractivity contribution in [1.82, 2.24) is 29.9 Å². The zero-order valence-corrected chi connectivity index (χ0v) is 16.2. The van der Waals surface area contributed by atoms with E-state index in [0.717, 1.165) is 24.7 Å². The largest absolute Gasteiger partial charge is 0.352 e. The lowest BCUT2D eigenvalue weighted by Crippen LogP contribution is -2.49. The number of benzene rings is 1. The number of anilines is 1. The number of rotatable bonds is 6. The van der Waals surface area contributed by atoms with Crippen LogP contribution in [0.1, 0.15) is 5.56 Å². The van der Waals surface area contributed by atoms with Crippen molar-refractivity contribution >= 4 is 23.5 Å². The van der Waals surface area contributed by atoms with Gasteiger partial charge in [-0.15, -0.1) is 22.0 Å². The highest BCUT2D eigenvalue weighted by Crippen LogP contribution is 2.16. The Bertz CT molecular complexity index is 878. The van der Waals surface area contributed by atoms with Crippen molar-refractivity contribution in [3.63, 3.8) is 0 Å².